The second-order valence-electron chi connectivity index (χ2n) is 8.60. The maximum absolute atomic E-state index is 13.4. The van der Waals surface area contributed by atoms with E-state index in [1.807, 2.05) is 55.5 Å². The topological polar surface area (TPSA) is 143 Å². The molecule has 36 heavy (non-hydrogen) atoms. The number of aliphatic hydroxyl groups excluding tert-OH is 1. The van der Waals surface area contributed by atoms with Crippen LogP contribution in [0.4, 0.5) is 17.2 Å². The first-order valence-corrected chi connectivity index (χ1v) is 11.5. The van der Waals surface area contributed by atoms with Crippen LogP contribution in [-0.4, -0.2) is 27.5 Å². The third-order valence-corrected chi connectivity index (χ3v) is 6.07. The molecule has 1 amide bonds. The third-order valence-electron chi connectivity index (χ3n) is 6.07. The quantitative estimate of drug-likeness (QED) is 0.204. The molecule has 0 saturated heterocycles. The summed E-state index contributed by atoms with van der Waals surface area (Å²) in [6.45, 7) is 2.09. The molecule has 0 radical (unpaired) electrons. The summed E-state index contributed by atoms with van der Waals surface area (Å²) in [6, 6.07) is 20.4. The number of aliphatic hydroxyl groups is 1. The van der Waals surface area contributed by atoms with Crippen LogP contribution in [0.1, 0.15) is 35.6 Å². The van der Waals surface area contributed by atoms with Gasteiger partial charge >= 0.3 is 0 Å². The van der Waals surface area contributed by atoms with Crippen molar-refractivity contribution in [2.45, 2.75) is 25.4 Å². The lowest BCUT2D eigenvalue weighted by Gasteiger charge is -2.21. The minimum atomic E-state index is -0.737. The molecule has 0 spiro atoms. The number of nitrogens with one attached hydrogen (secondary N) is 2. The summed E-state index contributed by atoms with van der Waals surface area (Å²) in [7, 11) is 0. The number of nitrogens with zero attached hydrogens (tertiary/aromatic N) is 2. The van der Waals surface area contributed by atoms with Crippen LogP contribution in [0.25, 0.3) is 10.8 Å². The summed E-state index contributed by atoms with van der Waals surface area (Å²) in [5, 5.41) is 28.4. The van der Waals surface area contributed by atoms with Gasteiger partial charge in [0.15, 0.2) is 0 Å². The molecule has 5 N–H and O–H groups in total. The molecule has 0 fully saturated rings. The molecule has 0 aliphatic rings. The van der Waals surface area contributed by atoms with Gasteiger partial charge in [0.05, 0.1) is 4.92 Å². The molecule has 184 valence electrons. The summed E-state index contributed by atoms with van der Waals surface area (Å²) in [4.78, 5) is 28.1. The fourth-order valence-electron chi connectivity index (χ4n) is 3.95. The lowest BCUT2D eigenvalue weighted by Crippen LogP contribution is -2.33. The van der Waals surface area contributed by atoms with Crippen LogP contribution >= 0.6 is 0 Å². The Balaban J connectivity index is 1.60. The Morgan fingerprint density at radius 1 is 1.08 bits per heavy atom. The van der Waals surface area contributed by atoms with Crippen molar-refractivity contribution >= 4 is 33.9 Å². The zero-order valence-corrected chi connectivity index (χ0v) is 19.7. The van der Waals surface area contributed by atoms with Gasteiger partial charge in [-0.05, 0) is 46.3 Å². The minimum absolute atomic E-state index is 0.0206. The standard InChI is InChI=1S/C27H27N5O4/c1-17(16-33)19-5-7-20(8-6-19)25(27(34)30-15-18-3-2-4-23(13-18)32(35)36)31-22-9-10-24-21(14-22)11-12-29-26(24)28/h2-14,17,25,31,33H,15-16H2,1H3,(H2,28,29)(H,30,34)/t17-,25?/m0/s1. The molecular weight excluding hydrogens is 458 g/mol. The predicted octanol–water partition coefficient (Wildman–Crippen LogP) is 4.29. The number of nitro groups is 1. The number of hydrogen-bond acceptors (Lipinski definition) is 7. The van der Waals surface area contributed by atoms with Crippen LogP contribution in [0.3, 0.4) is 0 Å². The van der Waals surface area contributed by atoms with Gasteiger partial charge in [0.25, 0.3) is 5.69 Å². The summed E-state index contributed by atoms with van der Waals surface area (Å²) >= 11 is 0. The van der Waals surface area contributed by atoms with E-state index in [9.17, 15) is 20.0 Å². The van der Waals surface area contributed by atoms with E-state index in [-0.39, 0.29) is 30.7 Å². The molecule has 9 heteroatoms. The number of fused-ring (bicyclic) bond motifs is 1. The Morgan fingerprint density at radius 2 is 1.83 bits per heavy atom. The van der Waals surface area contributed by atoms with Crippen molar-refractivity contribution in [3.63, 3.8) is 0 Å². The van der Waals surface area contributed by atoms with E-state index in [4.69, 9.17) is 5.73 Å². The van der Waals surface area contributed by atoms with E-state index in [0.29, 0.717) is 11.4 Å². The Labute approximate surface area is 208 Å². The molecule has 0 bridgehead atoms. The van der Waals surface area contributed by atoms with Crippen molar-refractivity contribution in [1.29, 1.82) is 0 Å². The third kappa shape index (κ3) is 5.59. The SMILES string of the molecule is C[C@@H](CO)c1ccc(C(Nc2ccc3c(N)nccc3c2)C(=O)NCc2cccc([N+](=O)[O-])c2)cc1. The van der Waals surface area contributed by atoms with Crippen molar-refractivity contribution in [2.75, 3.05) is 17.7 Å². The molecule has 3 aromatic carbocycles. The number of benzene rings is 3. The van der Waals surface area contributed by atoms with Crippen LogP contribution in [0.15, 0.2) is 79.0 Å². The summed E-state index contributed by atoms with van der Waals surface area (Å²) in [5.41, 5.74) is 8.97. The summed E-state index contributed by atoms with van der Waals surface area (Å²) in [6.07, 6.45) is 1.63. The fourth-order valence-corrected chi connectivity index (χ4v) is 3.95. The number of amides is 1. The van der Waals surface area contributed by atoms with Gasteiger partial charge in [-0.3, -0.25) is 14.9 Å². The number of nitrogen functional groups attached to an aromatic ring is 1. The average Bonchev–Trinajstić information content (AvgIpc) is 2.90. The molecule has 4 rings (SSSR count). The second kappa shape index (κ2) is 10.8. The van der Waals surface area contributed by atoms with Crippen LogP contribution in [0, 0.1) is 10.1 Å². The largest absolute Gasteiger partial charge is 0.396 e. The number of anilines is 2. The molecule has 0 saturated carbocycles. The van der Waals surface area contributed by atoms with Crippen LogP contribution in [0.2, 0.25) is 0 Å². The number of carbonyl (C=O) groups excluding carboxylic acids is 1. The second-order valence-corrected chi connectivity index (χ2v) is 8.60. The number of rotatable bonds is 9. The first kappa shape index (κ1) is 24.6. The Morgan fingerprint density at radius 3 is 2.56 bits per heavy atom. The van der Waals surface area contributed by atoms with Crippen LogP contribution in [-0.2, 0) is 11.3 Å². The molecule has 1 heterocycles. The number of nitrogens with two attached hydrogens (primary N) is 1. The molecule has 1 aromatic heterocycles. The first-order chi connectivity index (χ1) is 17.4. The highest BCUT2D eigenvalue weighted by molar-refractivity contribution is 5.94. The van der Waals surface area contributed by atoms with Gasteiger partial charge in [0.2, 0.25) is 5.91 Å². The van der Waals surface area contributed by atoms with Gasteiger partial charge in [0, 0.05) is 48.5 Å². The lowest BCUT2D eigenvalue weighted by molar-refractivity contribution is -0.384. The number of non-ortho nitro benzene ring substituents is 1. The maximum Gasteiger partial charge on any atom is 0.269 e. The van der Waals surface area contributed by atoms with E-state index in [1.54, 1.807) is 18.3 Å². The van der Waals surface area contributed by atoms with Crippen molar-refractivity contribution in [2.24, 2.45) is 0 Å². The first-order valence-electron chi connectivity index (χ1n) is 11.5. The van der Waals surface area contributed by atoms with Gasteiger partial charge < -0.3 is 21.5 Å². The van der Waals surface area contributed by atoms with Gasteiger partial charge in [-0.15, -0.1) is 0 Å². The van der Waals surface area contributed by atoms with E-state index < -0.39 is 11.0 Å². The Hall–Kier alpha value is -4.50. The van der Waals surface area contributed by atoms with Gasteiger partial charge in [0.1, 0.15) is 11.9 Å². The molecule has 1 unspecified atom stereocenters. The number of aromatic nitrogens is 1. The molecule has 0 aliphatic heterocycles. The molecule has 9 nitrogen and oxygen atoms in total. The highest BCUT2D eigenvalue weighted by atomic mass is 16.6. The van der Waals surface area contributed by atoms with Gasteiger partial charge in [-0.25, -0.2) is 4.98 Å². The average molecular weight is 486 g/mol. The van der Waals surface area contributed by atoms with Crippen molar-refractivity contribution < 1.29 is 14.8 Å². The smallest absolute Gasteiger partial charge is 0.269 e. The van der Waals surface area contributed by atoms with Crippen LogP contribution < -0.4 is 16.4 Å². The molecule has 4 aromatic rings. The molecule has 0 aliphatic carbocycles. The van der Waals surface area contributed by atoms with E-state index in [2.05, 4.69) is 15.6 Å². The highest BCUT2D eigenvalue weighted by Crippen LogP contribution is 2.27. The zero-order valence-electron chi connectivity index (χ0n) is 19.7. The van der Waals surface area contributed by atoms with E-state index in [0.717, 1.165) is 27.6 Å². The number of hydrogen-bond donors (Lipinski definition) is 4. The number of pyridine rings is 1. The number of carbonyl (C=O) groups is 1. The number of nitro benzene ring substituents is 1. The van der Waals surface area contributed by atoms with Gasteiger partial charge in [-0.2, -0.15) is 0 Å². The monoisotopic (exact) mass is 485 g/mol. The zero-order chi connectivity index (χ0) is 25.7. The van der Waals surface area contributed by atoms with Crippen molar-refractivity contribution in [3.8, 4) is 0 Å². The lowest BCUT2D eigenvalue weighted by atomic mass is 9.97. The normalized spacial score (nSPS) is 12.6. The van der Waals surface area contributed by atoms with Crippen molar-refractivity contribution in [3.05, 3.63) is 106 Å². The van der Waals surface area contributed by atoms with E-state index >= 15 is 0 Å². The summed E-state index contributed by atoms with van der Waals surface area (Å²) < 4.78 is 0. The maximum atomic E-state index is 13.4. The summed E-state index contributed by atoms with van der Waals surface area (Å²) in [5.74, 6) is 0.116. The van der Waals surface area contributed by atoms with Crippen LogP contribution in [0.5, 0.6) is 0 Å². The van der Waals surface area contributed by atoms with E-state index in [1.165, 1.54) is 12.1 Å². The Bertz CT molecular complexity index is 1390. The highest BCUT2D eigenvalue weighted by Gasteiger charge is 2.21. The molecular formula is C27H27N5O4. The molecule has 2 atom stereocenters. The predicted molar refractivity (Wildman–Crippen MR) is 139 cm³/mol. The minimum Gasteiger partial charge on any atom is -0.396 e. The fraction of sp³-hybridized carbons (Fsp3) is 0.185. The van der Waals surface area contributed by atoms with Gasteiger partial charge in [-0.1, -0.05) is 43.3 Å². The Kier molecular flexibility index (Phi) is 7.41. The van der Waals surface area contributed by atoms with Crippen molar-refractivity contribution in [1.82, 2.24) is 10.3 Å².